The second-order valence-electron chi connectivity index (χ2n) is 4.89. The Bertz CT molecular complexity index is 727. The highest BCUT2D eigenvalue weighted by molar-refractivity contribution is 6.31. The Morgan fingerprint density at radius 3 is 2.81 bits per heavy atom. The van der Waals surface area contributed by atoms with Gasteiger partial charge >= 0.3 is 0 Å². The molecule has 0 saturated carbocycles. The van der Waals surface area contributed by atoms with Gasteiger partial charge in [-0.2, -0.15) is 0 Å². The van der Waals surface area contributed by atoms with Crippen LogP contribution in [0.15, 0.2) is 53.1 Å². The topological polar surface area (TPSA) is 61.3 Å². The van der Waals surface area contributed by atoms with E-state index in [-0.39, 0.29) is 6.04 Å². The van der Waals surface area contributed by atoms with Crippen molar-refractivity contribution in [3.05, 3.63) is 59.1 Å². The van der Waals surface area contributed by atoms with Gasteiger partial charge in [-0.25, -0.2) is 0 Å². The number of ether oxygens (including phenoxy) is 1. The minimum Gasteiger partial charge on any atom is -0.473 e. The number of hydrogen-bond donors (Lipinski definition) is 1. The van der Waals surface area contributed by atoms with E-state index in [1.165, 1.54) is 5.56 Å². The molecule has 3 aromatic rings. The molecule has 0 fully saturated rings. The van der Waals surface area contributed by atoms with E-state index in [1.807, 2.05) is 30.3 Å². The van der Waals surface area contributed by atoms with Crippen LogP contribution in [0.1, 0.15) is 5.56 Å². The Balaban J connectivity index is 1.65. The van der Waals surface area contributed by atoms with E-state index in [2.05, 4.69) is 5.16 Å². The van der Waals surface area contributed by atoms with Crippen molar-refractivity contribution < 1.29 is 9.26 Å². The van der Waals surface area contributed by atoms with Crippen LogP contribution in [0.25, 0.3) is 11.0 Å². The highest BCUT2D eigenvalue weighted by Gasteiger charge is 2.12. The van der Waals surface area contributed by atoms with E-state index >= 15 is 0 Å². The van der Waals surface area contributed by atoms with Gasteiger partial charge in [0, 0.05) is 11.1 Å². The Kier molecular flexibility index (Phi) is 4.08. The molecule has 4 nitrogen and oxygen atoms in total. The Labute approximate surface area is 127 Å². The first-order valence-corrected chi connectivity index (χ1v) is 7.07. The number of rotatable bonds is 5. The highest BCUT2D eigenvalue weighted by Crippen LogP contribution is 2.27. The second-order valence-corrected chi connectivity index (χ2v) is 5.33. The van der Waals surface area contributed by atoms with Crippen LogP contribution in [0.2, 0.25) is 5.02 Å². The van der Waals surface area contributed by atoms with Gasteiger partial charge in [-0.1, -0.05) is 41.9 Å². The van der Waals surface area contributed by atoms with Crippen LogP contribution in [0.4, 0.5) is 0 Å². The predicted octanol–water partition coefficient (Wildman–Crippen LogP) is 3.43. The standard InChI is InChI=1S/C16H15ClN2O2/c17-12-6-7-15-14(9-12)16(19-21-15)20-10-13(18)8-11-4-2-1-3-5-11/h1-7,9,13H,8,10,18H2. The minimum absolute atomic E-state index is 0.113. The average Bonchev–Trinajstić information content (AvgIpc) is 2.88. The summed E-state index contributed by atoms with van der Waals surface area (Å²) in [5.41, 5.74) is 7.91. The fourth-order valence-electron chi connectivity index (χ4n) is 2.15. The van der Waals surface area contributed by atoms with Gasteiger partial charge in [0.2, 0.25) is 0 Å². The molecular weight excluding hydrogens is 288 g/mol. The van der Waals surface area contributed by atoms with Gasteiger partial charge < -0.3 is 15.0 Å². The molecule has 108 valence electrons. The van der Waals surface area contributed by atoms with Crippen LogP contribution >= 0.6 is 11.6 Å². The minimum atomic E-state index is -0.113. The van der Waals surface area contributed by atoms with Crippen LogP contribution in [0.5, 0.6) is 5.88 Å². The third-order valence-electron chi connectivity index (χ3n) is 3.17. The van der Waals surface area contributed by atoms with E-state index in [9.17, 15) is 0 Å². The fraction of sp³-hybridized carbons (Fsp3) is 0.188. The average molecular weight is 303 g/mol. The van der Waals surface area contributed by atoms with Crippen LogP contribution in [0.3, 0.4) is 0 Å². The number of fused-ring (bicyclic) bond motifs is 1. The summed E-state index contributed by atoms with van der Waals surface area (Å²) in [7, 11) is 0. The highest BCUT2D eigenvalue weighted by atomic mass is 35.5. The molecule has 2 aromatic carbocycles. The largest absolute Gasteiger partial charge is 0.473 e. The second kappa shape index (κ2) is 6.16. The third-order valence-corrected chi connectivity index (χ3v) is 3.41. The Morgan fingerprint density at radius 2 is 2.00 bits per heavy atom. The summed E-state index contributed by atoms with van der Waals surface area (Å²) in [6, 6.07) is 15.2. The molecular formula is C16H15ClN2O2. The zero-order valence-corrected chi connectivity index (χ0v) is 12.1. The number of nitrogens with zero attached hydrogens (tertiary/aromatic N) is 1. The molecule has 0 saturated heterocycles. The van der Waals surface area contributed by atoms with E-state index < -0.39 is 0 Å². The van der Waals surface area contributed by atoms with Gasteiger partial charge in [0.15, 0.2) is 5.58 Å². The molecule has 0 bridgehead atoms. The molecule has 1 atom stereocenters. The predicted molar refractivity (Wildman–Crippen MR) is 82.6 cm³/mol. The SMILES string of the molecule is NC(COc1noc2ccc(Cl)cc12)Cc1ccccc1. The molecule has 0 spiro atoms. The monoisotopic (exact) mass is 302 g/mol. The van der Waals surface area contributed by atoms with Gasteiger partial charge in [0.05, 0.1) is 5.39 Å². The Hall–Kier alpha value is -2.04. The quantitative estimate of drug-likeness (QED) is 0.784. The first-order chi connectivity index (χ1) is 10.2. The van der Waals surface area contributed by atoms with Crippen LogP contribution in [-0.4, -0.2) is 17.8 Å². The molecule has 0 amide bonds. The molecule has 1 aromatic heterocycles. The van der Waals surface area contributed by atoms with Gasteiger partial charge in [-0.05, 0) is 35.3 Å². The van der Waals surface area contributed by atoms with Crippen LogP contribution < -0.4 is 10.5 Å². The summed E-state index contributed by atoms with van der Waals surface area (Å²) < 4.78 is 10.8. The molecule has 3 rings (SSSR count). The summed E-state index contributed by atoms with van der Waals surface area (Å²) in [6.07, 6.45) is 0.747. The van der Waals surface area contributed by atoms with Gasteiger partial charge in [-0.3, -0.25) is 0 Å². The summed E-state index contributed by atoms with van der Waals surface area (Å²) in [5.74, 6) is 0.427. The lowest BCUT2D eigenvalue weighted by molar-refractivity contribution is 0.262. The number of benzene rings is 2. The van der Waals surface area contributed by atoms with Crippen molar-refractivity contribution in [2.24, 2.45) is 5.73 Å². The van der Waals surface area contributed by atoms with E-state index in [0.29, 0.717) is 23.1 Å². The first kappa shape index (κ1) is 13.9. The molecule has 2 N–H and O–H groups in total. The molecule has 0 aliphatic carbocycles. The summed E-state index contributed by atoms with van der Waals surface area (Å²) in [6.45, 7) is 0.364. The zero-order chi connectivity index (χ0) is 14.7. The van der Waals surface area contributed by atoms with Crippen molar-refractivity contribution in [2.75, 3.05) is 6.61 Å². The molecule has 1 heterocycles. The van der Waals surface area contributed by atoms with Crippen molar-refractivity contribution in [2.45, 2.75) is 12.5 Å². The van der Waals surface area contributed by atoms with Crippen LogP contribution in [0, 0.1) is 0 Å². The maximum absolute atomic E-state index is 6.09. The number of hydrogen-bond acceptors (Lipinski definition) is 4. The summed E-state index contributed by atoms with van der Waals surface area (Å²) in [4.78, 5) is 0. The fourth-order valence-corrected chi connectivity index (χ4v) is 2.33. The lowest BCUT2D eigenvalue weighted by Gasteiger charge is -2.11. The van der Waals surface area contributed by atoms with Gasteiger partial charge in [0.1, 0.15) is 6.61 Å². The van der Waals surface area contributed by atoms with E-state index in [0.717, 1.165) is 11.8 Å². The molecule has 21 heavy (non-hydrogen) atoms. The molecule has 0 aliphatic rings. The lowest BCUT2D eigenvalue weighted by atomic mass is 10.1. The smallest absolute Gasteiger partial charge is 0.262 e. The summed E-state index contributed by atoms with van der Waals surface area (Å²) in [5, 5.41) is 5.28. The molecule has 5 heteroatoms. The van der Waals surface area contributed by atoms with Crippen molar-refractivity contribution in [1.29, 1.82) is 0 Å². The zero-order valence-electron chi connectivity index (χ0n) is 11.3. The van der Waals surface area contributed by atoms with E-state index in [1.54, 1.807) is 18.2 Å². The van der Waals surface area contributed by atoms with Crippen LogP contribution in [-0.2, 0) is 6.42 Å². The van der Waals surface area contributed by atoms with Gasteiger partial charge in [-0.15, -0.1) is 0 Å². The number of halogens is 1. The van der Waals surface area contributed by atoms with E-state index in [4.69, 9.17) is 26.6 Å². The number of aromatic nitrogens is 1. The summed E-state index contributed by atoms with van der Waals surface area (Å²) >= 11 is 5.97. The molecule has 0 aliphatic heterocycles. The molecule has 0 radical (unpaired) electrons. The van der Waals surface area contributed by atoms with Crippen molar-refractivity contribution in [3.8, 4) is 5.88 Å². The maximum Gasteiger partial charge on any atom is 0.262 e. The van der Waals surface area contributed by atoms with Crippen molar-refractivity contribution in [3.63, 3.8) is 0 Å². The van der Waals surface area contributed by atoms with Gasteiger partial charge in [0.25, 0.3) is 5.88 Å². The Morgan fingerprint density at radius 1 is 1.19 bits per heavy atom. The normalized spacial score (nSPS) is 12.5. The molecule has 1 unspecified atom stereocenters. The number of nitrogens with two attached hydrogens (primary N) is 1. The third kappa shape index (κ3) is 3.35. The maximum atomic E-state index is 6.09. The van der Waals surface area contributed by atoms with Crippen molar-refractivity contribution >= 4 is 22.6 Å². The first-order valence-electron chi connectivity index (χ1n) is 6.69. The lowest BCUT2D eigenvalue weighted by Crippen LogP contribution is -2.30. The van der Waals surface area contributed by atoms with Crippen molar-refractivity contribution in [1.82, 2.24) is 5.16 Å².